The minimum absolute atomic E-state index is 0.0732. The molecule has 2 aliphatic heterocycles. The summed E-state index contributed by atoms with van der Waals surface area (Å²) in [6.45, 7) is 6.27. The van der Waals surface area contributed by atoms with E-state index >= 15 is 0 Å². The Bertz CT molecular complexity index is 918. The first kappa shape index (κ1) is 20.7. The first-order valence-electron chi connectivity index (χ1n) is 10.4. The summed E-state index contributed by atoms with van der Waals surface area (Å²) in [5.41, 5.74) is 1.69. The third-order valence-corrected chi connectivity index (χ3v) is 5.94. The molecular formula is C20H27F3N6O. The summed E-state index contributed by atoms with van der Waals surface area (Å²) in [4.78, 5) is 14.8. The van der Waals surface area contributed by atoms with Gasteiger partial charge in [-0.2, -0.15) is 23.4 Å². The van der Waals surface area contributed by atoms with Crippen molar-refractivity contribution < 1.29 is 18.0 Å². The second-order valence-electron chi connectivity index (χ2n) is 8.61. The van der Waals surface area contributed by atoms with Gasteiger partial charge in [0.1, 0.15) is 11.5 Å². The Morgan fingerprint density at radius 2 is 2.03 bits per heavy atom. The highest BCUT2D eigenvalue weighted by Crippen LogP contribution is 2.41. The molecule has 4 heterocycles. The number of anilines is 1. The fourth-order valence-corrected chi connectivity index (χ4v) is 4.31. The number of piperidine rings is 1. The number of hydrogen-bond donors (Lipinski definition) is 2. The Labute approximate surface area is 173 Å². The Hall–Kier alpha value is -2.52. The van der Waals surface area contributed by atoms with Gasteiger partial charge in [-0.25, -0.2) is 4.68 Å². The predicted octanol–water partition coefficient (Wildman–Crippen LogP) is 4.40. The number of nitrogens with one attached hydrogen (secondary N) is 2. The van der Waals surface area contributed by atoms with E-state index in [9.17, 15) is 18.0 Å². The zero-order valence-corrected chi connectivity index (χ0v) is 17.3. The number of halogens is 3. The van der Waals surface area contributed by atoms with E-state index in [0.717, 1.165) is 23.2 Å². The first-order chi connectivity index (χ1) is 14.1. The Morgan fingerprint density at radius 1 is 1.27 bits per heavy atom. The molecule has 2 aromatic rings. The van der Waals surface area contributed by atoms with Crippen LogP contribution in [0.2, 0.25) is 0 Å². The highest BCUT2D eigenvalue weighted by atomic mass is 19.4. The van der Waals surface area contributed by atoms with E-state index in [2.05, 4.69) is 20.6 Å². The summed E-state index contributed by atoms with van der Waals surface area (Å²) in [5, 5.41) is 14.5. The van der Waals surface area contributed by atoms with Crippen LogP contribution in [-0.4, -0.2) is 49.5 Å². The highest BCUT2D eigenvalue weighted by molar-refractivity contribution is 5.92. The smallest absolute Gasteiger partial charge is 0.368 e. The Morgan fingerprint density at radius 3 is 2.70 bits per heavy atom. The quantitative estimate of drug-likeness (QED) is 0.765. The molecular weight excluding hydrogens is 397 g/mol. The number of fused-ring (bicyclic) bond motifs is 1. The number of rotatable bonds is 3. The lowest BCUT2D eigenvalue weighted by atomic mass is 9.98. The van der Waals surface area contributed by atoms with E-state index in [1.54, 1.807) is 24.0 Å². The van der Waals surface area contributed by atoms with Crippen LogP contribution in [0.15, 0.2) is 12.1 Å². The molecule has 2 N–H and O–H groups in total. The fraction of sp³-hybridized carbons (Fsp3) is 0.650. The number of likely N-dealkylation sites (tertiary alicyclic amines) is 1. The molecule has 1 fully saturated rings. The van der Waals surface area contributed by atoms with Crippen LogP contribution in [0, 0.1) is 0 Å². The molecule has 0 aromatic carbocycles. The average molecular weight is 424 g/mol. The molecule has 0 unspecified atom stereocenters. The van der Waals surface area contributed by atoms with E-state index < -0.39 is 12.2 Å². The lowest BCUT2D eigenvalue weighted by Gasteiger charge is -2.34. The molecule has 164 valence electrons. The van der Waals surface area contributed by atoms with Gasteiger partial charge in [-0.3, -0.25) is 9.89 Å². The van der Waals surface area contributed by atoms with E-state index in [4.69, 9.17) is 0 Å². The summed E-state index contributed by atoms with van der Waals surface area (Å²) in [6, 6.07) is 1.07. The maximum Gasteiger partial charge on any atom is 0.410 e. The van der Waals surface area contributed by atoms with Crippen molar-refractivity contribution in [3.63, 3.8) is 0 Å². The van der Waals surface area contributed by atoms with Crippen molar-refractivity contribution in [2.45, 2.75) is 76.7 Å². The summed E-state index contributed by atoms with van der Waals surface area (Å²) < 4.78 is 41.8. The monoisotopic (exact) mass is 424 g/mol. The van der Waals surface area contributed by atoms with Crippen molar-refractivity contribution in [3.05, 3.63) is 29.2 Å². The van der Waals surface area contributed by atoms with Gasteiger partial charge in [0.25, 0.3) is 5.91 Å². The summed E-state index contributed by atoms with van der Waals surface area (Å²) >= 11 is 0. The highest BCUT2D eigenvalue weighted by Gasteiger charge is 2.46. The molecule has 7 nitrogen and oxygen atoms in total. The van der Waals surface area contributed by atoms with Crippen LogP contribution in [0.3, 0.4) is 0 Å². The molecule has 10 heteroatoms. The van der Waals surface area contributed by atoms with Crippen LogP contribution < -0.4 is 5.32 Å². The minimum Gasteiger partial charge on any atom is -0.368 e. The summed E-state index contributed by atoms with van der Waals surface area (Å²) in [6.07, 6.45) is -2.05. The van der Waals surface area contributed by atoms with Crippen LogP contribution in [-0.2, 0) is 0 Å². The average Bonchev–Trinajstić information content (AvgIpc) is 3.33. The number of amides is 1. The molecule has 4 rings (SSSR count). The largest absolute Gasteiger partial charge is 0.410 e. The van der Waals surface area contributed by atoms with Gasteiger partial charge < -0.3 is 10.2 Å². The number of aromatic amines is 1. The van der Waals surface area contributed by atoms with Crippen LogP contribution in [0.1, 0.15) is 86.3 Å². The number of H-pyrrole nitrogens is 1. The van der Waals surface area contributed by atoms with Crippen LogP contribution >= 0.6 is 0 Å². The number of alkyl halides is 3. The number of nitrogens with zero attached hydrogens (tertiary/aromatic N) is 4. The molecule has 0 spiro atoms. The molecule has 2 aliphatic rings. The van der Waals surface area contributed by atoms with E-state index in [1.807, 2.05) is 13.8 Å². The Balaban J connectivity index is 1.64. The van der Waals surface area contributed by atoms with Gasteiger partial charge in [0.15, 0.2) is 6.04 Å². The maximum atomic E-state index is 13.6. The number of aromatic nitrogens is 4. The van der Waals surface area contributed by atoms with E-state index in [0.29, 0.717) is 30.2 Å². The van der Waals surface area contributed by atoms with Crippen molar-refractivity contribution in [1.82, 2.24) is 24.9 Å². The molecule has 0 aliphatic carbocycles. The second-order valence-corrected chi connectivity index (χ2v) is 8.61. The number of hydrogen-bond acceptors (Lipinski definition) is 4. The molecule has 0 saturated carbocycles. The number of carbonyl (C=O) groups excluding carboxylic acids is 1. The maximum absolute atomic E-state index is 13.6. The van der Waals surface area contributed by atoms with Gasteiger partial charge in [0, 0.05) is 24.3 Å². The third-order valence-electron chi connectivity index (χ3n) is 5.94. The van der Waals surface area contributed by atoms with Gasteiger partial charge >= 0.3 is 6.18 Å². The lowest BCUT2D eigenvalue weighted by Crippen LogP contribution is -2.39. The Kier molecular flexibility index (Phi) is 5.27. The van der Waals surface area contributed by atoms with Gasteiger partial charge in [-0.05, 0) is 44.6 Å². The summed E-state index contributed by atoms with van der Waals surface area (Å²) in [7, 11) is 0. The van der Waals surface area contributed by atoms with Crippen molar-refractivity contribution in [3.8, 4) is 0 Å². The minimum atomic E-state index is -4.38. The zero-order chi connectivity index (χ0) is 21.6. The van der Waals surface area contributed by atoms with Gasteiger partial charge in [0.2, 0.25) is 0 Å². The van der Waals surface area contributed by atoms with E-state index in [-0.39, 0.29) is 30.3 Å². The molecule has 2 aromatic heterocycles. The van der Waals surface area contributed by atoms with Crippen molar-refractivity contribution >= 4 is 11.7 Å². The first-order valence-corrected chi connectivity index (χ1v) is 10.4. The van der Waals surface area contributed by atoms with Crippen molar-refractivity contribution in [2.24, 2.45) is 0 Å². The third kappa shape index (κ3) is 3.79. The molecule has 1 saturated heterocycles. The van der Waals surface area contributed by atoms with Gasteiger partial charge in [-0.15, -0.1) is 0 Å². The SMILES string of the molecule is CC(C)c1cc(C(=O)N2CCCC[C@H]2c2cc3n(n2)[C@@H](C(F)(F)F)C[C@@H](C)N3)n[nH]1. The van der Waals surface area contributed by atoms with Crippen molar-refractivity contribution in [2.75, 3.05) is 11.9 Å². The standard InChI is InChI=1S/C20H27F3N6O/c1-11(2)13-9-15(26-25-13)19(30)28-7-5-4-6-16(28)14-10-18-24-12(3)8-17(20(21,22)23)29(18)27-14/h9-12,16-17,24H,4-8H2,1-3H3,(H,25,26)/t12-,16+,17-/m1/s1. The van der Waals surface area contributed by atoms with Crippen LogP contribution in [0.25, 0.3) is 0 Å². The van der Waals surface area contributed by atoms with Gasteiger partial charge in [0.05, 0.1) is 11.7 Å². The number of carbonyl (C=O) groups is 1. The second kappa shape index (κ2) is 7.63. The molecule has 3 atom stereocenters. The molecule has 30 heavy (non-hydrogen) atoms. The van der Waals surface area contributed by atoms with Gasteiger partial charge in [-0.1, -0.05) is 13.8 Å². The zero-order valence-electron chi connectivity index (χ0n) is 17.3. The predicted molar refractivity (Wildman–Crippen MR) is 105 cm³/mol. The topological polar surface area (TPSA) is 78.8 Å². The normalized spacial score (nSPS) is 24.6. The van der Waals surface area contributed by atoms with E-state index in [1.165, 1.54) is 0 Å². The van der Waals surface area contributed by atoms with Crippen LogP contribution in [0.5, 0.6) is 0 Å². The molecule has 0 bridgehead atoms. The molecule has 1 amide bonds. The molecule has 0 radical (unpaired) electrons. The lowest BCUT2D eigenvalue weighted by molar-refractivity contribution is -0.173. The van der Waals surface area contributed by atoms with Crippen LogP contribution in [0.4, 0.5) is 19.0 Å². The van der Waals surface area contributed by atoms with Crippen molar-refractivity contribution in [1.29, 1.82) is 0 Å². The fourth-order valence-electron chi connectivity index (χ4n) is 4.31. The summed E-state index contributed by atoms with van der Waals surface area (Å²) in [5.74, 6) is 0.344.